The highest BCUT2D eigenvalue weighted by Gasteiger charge is 2.61. The van der Waals surface area contributed by atoms with Crippen LogP contribution in [0.25, 0.3) is 0 Å². The summed E-state index contributed by atoms with van der Waals surface area (Å²) in [5.74, 6) is 1.17. The van der Waals surface area contributed by atoms with E-state index in [1.807, 2.05) is 6.08 Å². The summed E-state index contributed by atoms with van der Waals surface area (Å²) < 4.78 is 11.2. The quantitative estimate of drug-likeness (QED) is 0.446. The molecule has 0 radical (unpaired) electrons. The molecule has 0 aromatic carbocycles. The highest BCUT2D eigenvalue weighted by atomic mass is 16.6. The fraction of sp³-hybridized carbons (Fsp3) is 0.750. The molecule has 0 aromatic heterocycles. The van der Waals surface area contributed by atoms with Gasteiger partial charge in [0.25, 0.3) is 0 Å². The van der Waals surface area contributed by atoms with Gasteiger partial charge in [0.05, 0.1) is 6.61 Å². The Morgan fingerprint density at radius 2 is 2.13 bits per heavy atom. The van der Waals surface area contributed by atoms with Crippen LogP contribution in [0.5, 0.6) is 0 Å². The molecule has 4 rings (SSSR count). The highest BCUT2D eigenvalue weighted by Crippen LogP contribution is 2.64. The molecule has 1 spiro atoms. The molecular formula is C20H28O3. The summed E-state index contributed by atoms with van der Waals surface area (Å²) in [6.45, 7) is 10.2. The second-order valence-electron chi connectivity index (χ2n) is 8.48. The van der Waals surface area contributed by atoms with Crippen LogP contribution in [0.4, 0.5) is 0 Å². The number of carbonyl (C=O) groups is 1. The normalized spacial score (nSPS) is 48.1. The van der Waals surface area contributed by atoms with Gasteiger partial charge < -0.3 is 9.47 Å². The number of epoxide rings is 1. The number of hydrogen-bond acceptors (Lipinski definition) is 3. The van der Waals surface area contributed by atoms with Crippen LogP contribution in [0.2, 0.25) is 0 Å². The van der Waals surface area contributed by atoms with Gasteiger partial charge in [-0.1, -0.05) is 26.0 Å². The monoisotopic (exact) mass is 316 g/mol. The van der Waals surface area contributed by atoms with E-state index in [2.05, 4.69) is 26.5 Å². The Kier molecular flexibility index (Phi) is 3.32. The number of carbonyl (C=O) groups excluding carboxylic acids is 1. The molecule has 0 bridgehead atoms. The van der Waals surface area contributed by atoms with Gasteiger partial charge in [-0.15, -0.1) is 6.58 Å². The minimum atomic E-state index is -0.0668. The van der Waals surface area contributed by atoms with Crippen molar-refractivity contribution in [2.45, 2.75) is 58.0 Å². The molecule has 2 saturated heterocycles. The summed E-state index contributed by atoms with van der Waals surface area (Å²) in [6.07, 6.45) is 10.8. The maximum absolute atomic E-state index is 12.2. The van der Waals surface area contributed by atoms with E-state index >= 15 is 0 Å². The van der Waals surface area contributed by atoms with Crippen LogP contribution in [-0.2, 0) is 14.3 Å². The lowest BCUT2D eigenvalue weighted by atomic mass is 9.46. The number of cyclic esters (lactones) is 1. The lowest BCUT2D eigenvalue weighted by Gasteiger charge is -2.56. The second-order valence-corrected chi connectivity index (χ2v) is 8.48. The van der Waals surface area contributed by atoms with Crippen LogP contribution in [0, 0.1) is 22.7 Å². The lowest BCUT2D eigenvalue weighted by Crippen LogP contribution is -2.51. The lowest BCUT2D eigenvalue weighted by molar-refractivity contribution is -0.135. The number of hydrogen-bond donors (Lipinski definition) is 0. The van der Waals surface area contributed by atoms with Crippen molar-refractivity contribution >= 4 is 5.97 Å². The Morgan fingerprint density at radius 3 is 2.83 bits per heavy atom. The molecule has 3 heteroatoms. The van der Waals surface area contributed by atoms with Gasteiger partial charge in [0, 0.05) is 11.0 Å². The highest BCUT2D eigenvalue weighted by molar-refractivity contribution is 5.92. The molecule has 3 nitrogen and oxygen atoms in total. The number of allylic oxidation sites excluding steroid dienone is 1. The Labute approximate surface area is 139 Å². The fourth-order valence-corrected chi connectivity index (χ4v) is 5.65. The van der Waals surface area contributed by atoms with E-state index in [9.17, 15) is 4.79 Å². The molecule has 0 N–H and O–H groups in total. The van der Waals surface area contributed by atoms with E-state index in [1.165, 1.54) is 12.8 Å². The van der Waals surface area contributed by atoms with E-state index in [-0.39, 0.29) is 22.4 Å². The van der Waals surface area contributed by atoms with Crippen LogP contribution >= 0.6 is 0 Å². The minimum absolute atomic E-state index is 0.0116. The van der Waals surface area contributed by atoms with E-state index in [0.29, 0.717) is 18.4 Å². The summed E-state index contributed by atoms with van der Waals surface area (Å²) >= 11 is 0. The molecule has 4 aliphatic rings. The first-order valence-corrected chi connectivity index (χ1v) is 9.11. The third-order valence-corrected chi connectivity index (χ3v) is 7.61. The summed E-state index contributed by atoms with van der Waals surface area (Å²) in [5, 5.41) is 0. The van der Waals surface area contributed by atoms with Crippen LogP contribution in [0.3, 0.4) is 0 Å². The van der Waals surface area contributed by atoms with Crippen LogP contribution < -0.4 is 0 Å². The molecule has 23 heavy (non-hydrogen) atoms. The van der Waals surface area contributed by atoms with Gasteiger partial charge in [0.15, 0.2) is 0 Å². The van der Waals surface area contributed by atoms with Crippen molar-refractivity contribution in [2.75, 3.05) is 13.2 Å². The van der Waals surface area contributed by atoms with Crippen LogP contribution in [0.15, 0.2) is 24.3 Å². The Balaban J connectivity index is 1.64. The van der Waals surface area contributed by atoms with Crippen LogP contribution in [0.1, 0.15) is 52.4 Å². The van der Waals surface area contributed by atoms with Gasteiger partial charge in [-0.25, -0.2) is 4.79 Å². The summed E-state index contributed by atoms with van der Waals surface area (Å²) in [7, 11) is 0. The third kappa shape index (κ3) is 2.08. The number of ether oxygens (including phenoxy) is 2. The zero-order valence-corrected chi connectivity index (χ0v) is 14.4. The molecule has 0 amide bonds. The van der Waals surface area contributed by atoms with E-state index in [0.717, 1.165) is 37.9 Å². The summed E-state index contributed by atoms with van der Waals surface area (Å²) in [6, 6.07) is 0. The molecule has 1 saturated carbocycles. The van der Waals surface area contributed by atoms with Crippen molar-refractivity contribution in [3.05, 3.63) is 24.3 Å². The van der Waals surface area contributed by atoms with Crippen molar-refractivity contribution in [1.82, 2.24) is 0 Å². The van der Waals surface area contributed by atoms with Gasteiger partial charge in [-0.2, -0.15) is 0 Å². The number of esters is 1. The van der Waals surface area contributed by atoms with Gasteiger partial charge in [0.1, 0.15) is 12.2 Å². The molecule has 3 fully saturated rings. The molecule has 2 aliphatic heterocycles. The zero-order valence-electron chi connectivity index (χ0n) is 14.4. The van der Waals surface area contributed by atoms with Crippen molar-refractivity contribution in [3.8, 4) is 0 Å². The van der Waals surface area contributed by atoms with Crippen molar-refractivity contribution in [1.29, 1.82) is 0 Å². The summed E-state index contributed by atoms with van der Waals surface area (Å²) in [4.78, 5) is 12.2. The maximum Gasteiger partial charge on any atom is 0.334 e. The predicted octanol–water partition coefficient (Wildman–Crippen LogP) is 4.04. The van der Waals surface area contributed by atoms with Crippen LogP contribution in [-0.4, -0.2) is 24.8 Å². The second kappa shape index (κ2) is 4.95. The van der Waals surface area contributed by atoms with Crippen molar-refractivity contribution in [2.24, 2.45) is 22.7 Å². The predicted molar refractivity (Wildman–Crippen MR) is 88.8 cm³/mol. The largest absolute Gasteiger partial charge is 0.461 e. The SMILES string of the molecule is C=C[C@]1(CC[C@@]2(C)[C@H](C)CC[C@@]34COC(=O)C3=CCC[C@@H]42)CO1. The topological polar surface area (TPSA) is 38.8 Å². The van der Waals surface area contributed by atoms with Gasteiger partial charge in [0.2, 0.25) is 0 Å². The maximum atomic E-state index is 12.2. The minimum Gasteiger partial charge on any atom is -0.461 e. The molecule has 5 atom stereocenters. The fourth-order valence-electron chi connectivity index (χ4n) is 5.65. The van der Waals surface area contributed by atoms with Gasteiger partial charge in [-0.05, 0) is 55.8 Å². The molecule has 0 unspecified atom stereocenters. The van der Waals surface area contributed by atoms with Gasteiger partial charge >= 0.3 is 5.97 Å². The molecule has 2 heterocycles. The van der Waals surface area contributed by atoms with E-state index in [4.69, 9.17) is 9.47 Å². The zero-order chi connectivity index (χ0) is 16.3. The standard InChI is InChI=1S/C20H28O3/c1-4-19(12-23-19)11-10-18(3)14(2)8-9-20-13-22-17(21)15(20)6-5-7-16(18)20/h4,6,14,16H,1,5,7-13H2,2-3H3/t14-,16-,18+,19+,20-/m1/s1. The first-order valence-electron chi connectivity index (χ1n) is 9.11. The number of rotatable bonds is 4. The molecule has 126 valence electrons. The summed E-state index contributed by atoms with van der Waals surface area (Å²) in [5.41, 5.74) is 1.16. The van der Waals surface area contributed by atoms with E-state index in [1.54, 1.807) is 0 Å². The molecular weight excluding hydrogens is 288 g/mol. The smallest absolute Gasteiger partial charge is 0.334 e. The first-order chi connectivity index (χ1) is 11.0. The van der Waals surface area contributed by atoms with Crippen molar-refractivity contribution < 1.29 is 14.3 Å². The first kappa shape index (κ1) is 15.4. The Bertz CT molecular complexity index is 573. The Hall–Kier alpha value is -1.09. The molecule has 0 aromatic rings. The van der Waals surface area contributed by atoms with Gasteiger partial charge in [-0.3, -0.25) is 0 Å². The van der Waals surface area contributed by atoms with E-state index < -0.39 is 0 Å². The van der Waals surface area contributed by atoms with Crippen molar-refractivity contribution in [3.63, 3.8) is 0 Å². The molecule has 2 aliphatic carbocycles. The third-order valence-electron chi connectivity index (χ3n) is 7.61. The Morgan fingerprint density at radius 1 is 1.35 bits per heavy atom. The average molecular weight is 316 g/mol. The average Bonchev–Trinajstić information content (AvgIpc) is 3.28.